The molecule has 0 saturated carbocycles. The first-order chi connectivity index (χ1) is 11.8. The van der Waals surface area contributed by atoms with Crippen molar-refractivity contribution in [3.8, 4) is 11.5 Å². The minimum Gasteiger partial charge on any atom is -0.452 e. The number of rotatable bonds is 2. The highest BCUT2D eigenvalue weighted by molar-refractivity contribution is 6.15. The second-order valence-electron chi connectivity index (χ2n) is 6.93. The Kier molecular flexibility index (Phi) is 4.17. The lowest BCUT2D eigenvalue weighted by atomic mass is 9.97. The second-order valence-corrected chi connectivity index (χ2v) is 6.93. The molecule has 0 unspecified atom stereocenters. The van der Waals surface area contributed by atoms with Gasteiger partial charge in [0.05, 0.1) is 11.0 Å². The van der Waals surface area contributed by atoms with E-state index in [2.05, 4.69) is 4.98 Å². The van der Waals surface area contributed by atoms with Crippen LogP contribution < -0.4 is 9.47 Å². The number of hydrogen-bond acceptors (Lipinski definition) is 5. The van der Waals surface area contributed by atoms with Crippen molar-refractivity contribution in [1.29, 1.82) is 0 Å². The SMILES string of the molecule is Cc1c(OC(=O)C(C)(C)C)ccc2c1O/C(=C\c1cccnc1)C2=O. The van der Waals surface area contributed by atoms with Crippen LogP contribution in [0.15, 0.2) is 42.4 Å². The lowest BCUT2D eigenvalue weighted by Gasteiger charge is -2.17. The summed E-state index contributed by atoms with van der Waals surface area (Å²) >= 11 is 0. The molecule has 0 spiro atoms. The quantitative estimate of drug-likeness (QED) is 0.471. The van der Waals surface area contributed by atoms with E-state index >= 15 is 0 Å². The van der Waals surface area contributed by atoms with Crippen LogP contribution in [0.5, 0.6) is 11.5 Å². The van der Waals surface area contributed by atoms with E-state index in [0.717, 1.165) is 5.56 Å². The summed E-state index contributed by atoms with van der Waals surface area (Å²) in [5.74, 6) is 0.514. The number of esters is 1. The molecule has 0 bridgehead atoms. The number of pyridine rings is 1. The van der Waals surface area contributed by atoms with Gasteiger partial charge in [0.2, 0.25) is 5.78 Å². The summed E-state index contributed by atoms with van der Waals surface area (Å²) in [6.45, 7) is 7.12. The van der Waals surface area contributed by atoms with E-state index in [-0.39, 0.29) is 17.5 Å². The van der Waals surface area contributed by atoms with Crippen molar-refractivity contribution >= 4 is 17.8 Å². The highest BCUT2D eigenvalue weighted by Crippen LogP contribution is 2.39. The summed E-state index contributed by atoms with van der Waals surface area (Å²) in [6.07, 6.45) is 4.96. The molecule has 0 fully saturated rings. The Hall–Kier alpha value is -2.95. The molecule has 0 atom stereocenters. The van der Waals surface area contributed by atoms with Gasteiger partial charge < -0.3 is 9.47 Å². The van der Waals surface area contributed by atoms with Gasteiger partial charge in [-0.2, -0.15) is 0 Å². The van der Waals surface area contributed by atoms with E-state index in [1.807, 2.05) is 6.07 Å². The molecule has 0 radical (unpaired) electrons. The maximum atomic E-state index is 12.5. The number of nitrogens with zero attached hydrogens (tertiary/aromatic N) is 1. The third-order valence-corrected chi connectivity index (χ3v) is 3.83. The highest BCUT2D eigenvalue weighted by atomic mass is 16.5. The predicted octanol–water partition coefficient (Wildman–Crippen LogP) is 3.96. The number of ketones is 1. The third-order valence-electron chi connectivity index (χ3n) is 3.83. The van der Waals surface area contributed by atoms with Crippen molar-refractivity contribution in [1.82, 2.24) is 4.98 Å². The Balaban J connectivity index is 1.92. The molecule has 1 aromatic heterocycles. The predicted molar refractivity (Wildman–Crippen MR) is 93.4 cm³/mol. The minimum atomic E-state index is -0.618. The average Bonchev–Trinajstić information content (AvgIpc) is 2.87. The molecule has 0 N–H and O–H groups in total. The summed E-state index contributed by atoms with van der Waals surface area (Å²) in [4.78, 5) is 28.7. The molecule has 5 heteroatoms. The van der Waals surface area contributed by atoms with Crippen LogP contribution in [-0.2, 0) is 4.79 Å². The molecule has 0 aliphatic carbocycles. The maximum absolute atomic E-state index is 12.5. The average molecular weight is 337 g/mol. The number of benzene rings is 1. The molecule has 1 aromatic carbocycles. The van der Waals surface area contributed by atoms with E-state index in [1.54, 1.807) is 64.4 Å². The Bertz CT molecular complexity index is 877. The van der Waals surface area contributed by atoms with Crippen LogP contribution in [0.1, 0.15) is 42.3 Å². The van der Waals surface area contributed by atoms with Crippen molar-refractivity contribution in [2.45, 2.75) is 27.7 Å². The van der Waals surface area contributed by atoms with Gasteiger partial charge in [0.15, 0.2) is 5.76 Å². The molecule has 5 nitrogen and oxygen atoms in total. The van der Waals surface area contributed by atoms with Gasteiger partial charge in [-0.1, -0.05) is 6.07 Å². The van der Waals surface area contributed by atoms with Gasteiger partial charge in [-0.05, 0) is 57.5 Å². The van der Waals surface area contributed by atoms with Gasteiger partial charge in [-0.15, -0.1) is 0 Å². The van der Waals surface area contributed by atoms with Crippen LogP contribution in [0, 0.1) is 12.3 Å². The zero-order valence-electron chi connectivity index (χ0n) is 14.6. The number of ether oxygens (including phenoxy) is 2. The van der Waals surface area contributed by atoms with Crippen LogP contribution in [0.2, 0.25) is 0 Å². The summed E-state index contributed by atoms with van der Waals surface area (Å²) in [7, 11) is 0. The standard InChI is InChI=1S/C20H19NO4/c1-12-15(25-19(23)20(2,3)4)8-7-14-17(22)16(24-18(12)14)10-13-6-5-9-21-11-13/h5-11H,1-4H3/b16-10-. The normalized spacial score (nSPS) is 15.0. The van der Waals surface area contributed by atoms with E-state index < -0.39 is 5.41 Å². The number of hydrogen-bond donors (Lipinski definition) is 0. The lowest BCUT2D eigenvalue weighted by molar-refractivity contribution is -0.143. The van der Waals surface area contributed by atoms with Gasteiger partial charge in [0.1, 0.15) is 11.5 Å². The van der Waals surface area contributed by atoms with Gasteiger partial charge in [0, 0.05) is 18.0 Å². The van der Waals surface area contributed by atoms with Crippen LogP contribution in [0.3, 0.4) is 0 Å². The molecule has 128 valence electrons. The monoisotopic (exact) mass is 337 g/mol. The molecule has 1 aliphatic rings. The lowest BCUT2D eigenvalue weighted by Crippen LogP contribution is -2.25. The van der Waals surface area contributed by atoms with Crippen molar-refractivity contribution in [2.75, 3.05) is 0 Å². The Morgan fingerprint density at radius 1 is 1.24 bits per heavy atom. The van der Waals surface area contributed by atoms with Crippen molar-refractivity contribution in [3.63, 3.8) is 0 Å². The first kappa shape index (κ1) is 16.9. The fourth-order valence-corrected chi connectivity index (χ4v) is 2.34. The van der Waals surface area contributed by atoms with Gasteiger partial charge in [0.25, 0.3) is 0 Å². The number of carbonyl (C=O) groups excluding carboxylic acids is 2. The molecule has 1 aliphatic heterocycles. The Labute approximate surface area is 146 Å². The molecular weight excluding hydrogens is 318 g/mol. The van der Waals surface area contributed by atoms with E-state index in [0.29, 0.717) is 22.6 Å². The minimum absolute atomic E-state index is 0.198. The van der Waals surface area contributed by atoms with Gasteiger partial charge in [-0.25, -0.2) is 0 Å². The largest absolute Gasteiger partial charge is 0.452 e. The number of carbonyl (C=O) groups is 2. The summed E-state index contributed by atoms with van der Waals surface area (Å²) in [6, 6.07) is 6.88. The van der Waals surface area contributed by atoms with E-state index in [1.165, 1.54) is 0 Å². The molecular formula is C20H19NO4. The van der Waals surface area contributed by atoms with Crippen molar-refractivity contribution in [3.05, 3.63) is 59.1 Å². The van der Waals surface area contributed by atoms with Gasteiger partial charge in [-0.3, -0.25) is 14.6 Å². The summed E-state index contributed by atoms with van der Waals surface area (Å²) in [5.41, 5.74) is 1.24. The Morgan fingerprint density at radius 3 is 2.64 bits per heavy atom. The van der Waals surface area contributed by atoms with Crippen LogP contribution in [0.25, 0.3) is 6.08 Å². The fourth-order valence-electron chi connectivity index (χ4n) is 2.34. The van der Waals surface area contributed by atoms with Crippen LogP contribution in [-0.4, -0.2) is 16.7 Å². The Morgan fingerprint density at radius 2 is 2.00 bits per heavy atom. The molecule has 2 aromatic rings. The smallest absolute Gasteiger partial charge is 0.316 e. The molecule has 0 amide bonds. The second kappa shape index (κ2) is 6.16. The number of aromatic nitrogens is 1. The van der Waals surface area contributed by atoms with E-state index in [9.17, 15) is 9.59 Å². The van der Waals surface area contributed by atoms with Crippen molar-refractivity contribution < 1.29 is 19.1 Å². The third kappa shape index (κ3) is 3.31. The number of fused-ring (bicyclic) bond motifs is 1. The molecule has 25 heavy (non-hydrogen) atoms. The van der Waals surface area contributed by atoms with Gasteiger partial charge >= 0.3 is 5.97 Å². The molecule has 2 heterocycles. The van der Waals surface area contributed by atoms with Crippen LogP contribution in [0.4, 0.5) is 0 Å². The molecule has 0 saturated heterocycles. The zero-order valence-corrected chi connectivity index (χ0v) is 14.6. The summed E-state index contributed by atoms with van der Waals surface area (Å²) in [5, 5.41) is 0. The molecule has 3 rings (SSSR count). The topological polar surface area (TPSA) is 65.5 Å². The number of allylic oxidation sites excluding steroid dienone is 1. The highest BCUT2D eigenvalue weighted by Gasteiger charge is 2.31. The summed E-state index contributed by atoms with van der Waals surface area (Å²) < 4.78 is 11.2. The first-order valence-electron chi connectivity index (χ1n) is 7.97. The van der Waals surface area contributed by atoms with Crippen LogP contribution >= 0.6 is 0 Å². The van der Waals surface area contributed by atoms with Crippen molar-refractivity contribution in [2.24, 2.45) is 5.41 Å². The number of Topliss-reactive ketones (excluding diaryl/α,β-unsaturated/α-hetero) is 1. The maximum Gasteiger partial charge on any atom is 0.316 e. The fraction of sp³-hybridized carbons (Fsp3) is 0.250. The van der Waals surface area contributed by atoms with E-state index in [4.69, 9.17) is 9.47 Å². The zero-order chi connectivity index (χ0) is 18.2. The first-order valence-corrected chi connectivity index (χ1v) is 7.97.